The van der Waals surface area contributed by atoms with Crippen molar-refractivity contribution in [3.05, 3.63) is 54.4 Å². The number of aromatic nitrogens is 5. The lowest BCUT2D eigenvalue weighted by Gasteiger charge is -2.05. The zero-order chi connectivity index (χ0) is 13.9. The molecule has 6 nitrogen and oxygen atoms in total. The minimum Gasteiger partial charge on any atom is -0.239 e. The molecule has 0 spiro atoms. The maximum atomic E-state index is 8.82. The van der Waals surface area contributed by atoms with E-state index >= 15 is 0 Å². The van der Waals surface area contributed by atoms with E-state index < -0.39 is 0 Å². The van der Waals surface area contributed by atoms with Gasteiger partial charge in [0.15, 0.2) is 5.82 Å². The van der Waals surface area contributed by atoms with E-state index in [4.69, 9.17) is 5.26 Å². The smallest absolute Gasteiger partial charge is 0.163 e. The Morgan fingerprint density at radius 2 is 1.75 bits per heavy atom. The van der Waals surface area contributed by atoms with Crippen molar-refractivity contribution in [1.82, 2.24) is 24.7 Å². The fourth-order valence-electron chi connectivity index (χ4n) is 1.82. The maximum absolute atomic E-state index is 8.82. The summed E-state index contributed by atoms with van der Waals surface area (Å²) < 4.78 is 1.67. The summed E-state index contributed by atoms with van der Waals surface area (Å²) in [6.07, 6.45) is 4.88. The standard InChI is InChI=1S/C14H10N6/c1-10-16-7-13(8-17-10)20-14(18-9-19-20)12-4-2-11(6-15)3-5-12/h2-5,7-9H,1H3. The fraction of sp³-hybridized carbons (Fsp3) is 0.0714. The minimum atomic E-state index is 0.610. The van der Waals surface area contributed by atoms with Crippen molar-refractivity contribution in [1.29, 1.82) is 5.26 Å². The zero-order valence-corrected chi connectivity index (χ0v) is 10.7. The SMILES string of the molecule is Cc1ncc(-n2ncnc2-c2ccc(C#N)cc2)cn1. The van der Waals surface area contributed by atoms with E-state index in [9.17, 15) is 0 Å². The highest BCUT2D eigenvalue weighted by Crippen LogP contribution is 2.19. The molecule has 0 saturated heterocycles. The molecule has 0 amide bonds. The Morgan fingerprint density at radius 3 is 2.40 bits per heavy atom. The lowest BCUT2D eigenvalue weighted by molar-refractivity contribution is 0.862. The number of hydrogen-bond donors (Lipinski definition) is 0. The summed E-state index contributed by atoms with van der Waals surface area (Å²) in [4.78, 5) is 12.6. The first-order valence-electron chi connectivity index (χ1n) is 5.97. The highest BCUT2D eigenvalue weighted by molar-refractivity contribution is 5.58. The predicted molar refractivity (Wildman–Crippen MR) is 71.8 cm³/mol. The van der Waals surface area contributed by atoms with Crippen LogP contribution in [0, 0.1) is 18.3 Å². The van der Waals surface area contributed by atoms with E-state index in [1.165, 1.54) is 6.33 Å². The van der Waals surface area contributed by atoms with E-state index in [0.717, 1.165) is 11.3 Å². The molecule has 0 aliphatic heterocycles. The van der Waals surface area contributed by atoms with E-state index in [0.29, 0.717) is 17.2 Å². The van der Waals surface area contributed by atoms with E-state index in [2.05, 4.69) is 26.1 Å². The van der Waals surface area contributed by atoms with Gasteiger partial charge in [-0.1, -0.05) is 0 Å². The molecule has 6 heteroatoms. The van der Waals surface area contributed by atoms with Gasteiger partial charge < -0.3 is 0 Å². The number of aryl methyl sites for hydroxylation is 1. The van der Waals surface area contributed by atoms with Crippen LogP contribution in [0.3, 0.4) is 0 Å². The number of rotatable bonds is 2. The predicted octanol–water partition coefficient (Wildman–Crippen LogP) is 1.90. The molecule has 0 radical (unpaired) electrons. The van der Waals surface area contributed by atoms with Crippen LogP contribution in [0.2, 0.25) is 0 Å². The molecule has 0 atom stereocenters. The Morgan fingerprint density at radius 1 is 1.05 bits per heavy atom. The minimum absolute atomic E-state index is 0.610. The molecule has 2 aromatic heterocycles. The van der Waals surface area contributed by atoms with E-state index in [1.54, 1.807) is 29.2 Å². The third-order valence-corrected chi connectivity index (χ3v) is 2.83. The average Bonchev–Trinajstić information content (AvgIpc) is 2.97. The molecule has 1 aromatic carbocycles. The monoisotopic (exact) mass is 262 g/mol. The molecular weight excluding hydrogens is 252 g/mol. The summed E-state index contributed by atoms with van der Waals surface area (Å²) in [5.74, 6) is 1.38. The summed E-state index contributed by atoms with van der Waals surface area (Å²) in [6, 6.07) is 9.27. The summed E-state index contributed by atoms with van der Waals surface area (Å²) in [7, 11) is 0. The Bertz CT molecular complexity index is 765. The topological polar surface area (TPSA) is 80.3 Å². The molecule has 3 aromatic rings. The molecule has 20 heavy (non-hydrogen) atoms. The molecule has 0 unspecified atom stereocenters. The Balaban J connectivity index is 2.05. The molecule has 0 bridgehead atoms. The third-order valence-electron chi connectivity index (χ3n) is 2.83. The number of benzene rings is 1. The first-order valence-corrected chi connectivity index (χ1v) is 5.97. The van der Waals surface area contributed by atoms with Crippen LogP contribution in [0.25, 0.3) is 17.1 Å². The van der Waals surface area contributed by atoms with Crippen LogP contribution in [0.1, 0.15) is 11.4 Å². The van der Waals surface area contributed by atoms with Crippen molar-refractivity contribution in [2.24, 2.45) is 0 Å². The largest absolute Gasteiger partial charge is 0.239 e. The third kappa shape index (κ3) is 2.12. The van der Waals surface area contributed by atoms with Crippen LogP contribution in [-0.2, 0) is 0 Å². The van der Waals surface area contributed by atoms with Crippen LogP contribution in [0.5, 0.6) is 0 Å². The fourth-order valence-corrected chi connectivity index (χ4v) is 1.82. The zero-order valence-electron chi connectivity index (χ0n) is 10.7. The van der Waals surface area contributed by atoms with Crippen molar-refractivity contribution < 1.29 is 0 Å². The first-order chi connectivity index (χ1) is 9.78. The van der Waals surface area contributed by atoms with Crippen molar-refractivity contribution in [2.75, 3.05) is 0 Å². The number of hydrogen-bond acceptors (Lipinski definition) is 5. The van der Waals surface area contributed by atoms with Gasteiger partial charge in [-0.3, -0.25) is 0 Å². The lowest BCUT2D eigenvalue weighted by Crippen LogP contribution is -2.01. The maximum Gasteiger partial charge on any atom is 0.163 e. The second-order valence-corrected chi connectivity index (χ2v) is 4.17. The van der Waals surface area contributed by atoms with Crippen molar-refractivity contribution in [3.63, 3.8) is 0 Å². The van der Waals surface area contributed by atoms with Gasteiger partial charge in [0.25, 0.3) is 0 Å². The molecule has 0 aliphatic carbocycles. The Kier molecular flexibility index (Phi) is 2.94. The second kappa shape index (κ2) is 4.90. The molecule has 3 rings (SSSR count). The highest BCUT2D eigenvalue weighted by atomic mass is 15.3. The molecular formula is C14H10N6. The van der Waals surface area contributed by atoms with Gasteiger partial charge in [-0.15, -0.1) is 0 Å². The van der Waals surface area contributed by atoms with Gasteiger partial charge in [0, 0.05) is 5.56 Å². The lowest BCUT2D eigenvalue weighted by atomic mass is 10.1. The van der Waals surface area contributed by atoms with Crippen LogP contribution < -0.4 is 0 Å². The summed E-state index contributed by atoms with van der Waals surface area (Å²) in [5, 5.41) is 13.0. The molecule has 0 N–H and O–H groups in total. The summed E-state index contributed by atoms with van der Waals surface area (Å²) in [6.45, 7) is 1.83. The number of nitrogens with zero attached hydrogens (tertiary/aromatic N) is 6. The second-order valence-electron chi connectivity index (χ2n) is 4.17. The van der Waals surface area contributed by atoms with Crippen LogP contribution in [0.15, 0.2) is 43.0 Å². The summed E-state index contributed by atoms with van der Waals surface area (Å²) >= 11 is 0. The van der Waals surface area contributed by atoms with Crippen molar-refractivity contribution in [2.45, 2.75) is 6.92 Å². The normalized spacial score (nSPS) is 10.2. The van der Waals surface area contributed by atoms with Gasteiger partial charge in [0.2, 0.25) is 0 Å². The van der Waals surface area contributed by atoms with E-state index in [-0.39, 0.29) is 0 Å². The first kappa shape index (κ1) is 12.0. The highest BCUT2D eigenvalue weighted by Gasteiger charge is 2.09. The van der Waals surface area contributed by atoms with Crippen LogP contribution in [0.4, 0.5) is 0 Å². The van der Waals surface area contributed by atoms with Gasteiger partial charge in [0.05, 0.1) is 24.0 Å². The molecule has 0 aliphatic rings. The van der Waals surface area contributed by atoms with E-state index in [1.807, 2.05) is 19.1 Å². The van der Waals surface area contributed by atoms with Gasteiger partial charge in [-0.25, -0.2) is 19.6 Å². The molecule has 0 fully saturated rings. The van der Waals surface area contributed by atoms with Gasteiger partial charge in [-0.05, 0) is 31.2 Å². The van der Waals surface area contributed by atoms with Crippen molar-refractivity contribution >= 4 is 0 Å². The molecule has 2 heterocycles. The molecule has 0 saturated carbocycles. The number of nitriles is 1. The van der Waals surface area contributed by atoms with Gasteiger partial charge >= 0.3 is 0 Å². The Labute approximate surface area is 115 Å². The summed E-state index contributed by atoms with van der Waals surface area (Å²) in [5.41, 5.74) is 2.23. The van der Waals surface area contributed by atoms with Crippen molar-refractivity contribution in [3.8, 4) is 23.1 Å². The van der Waals surface area contributed by atoms with Gasteiger partial charge in [0.1, 0.15) is 17.8 Å². The Hall–Kier alpha value is -3.07. The quantitative estimate of drug-likeness (QED) is 0.704. The van der Waals surface area contributed by atoms with Gasteiger partial charge in [-0.2, -0.15) is 10.4 Å². The van der Waals surface area contributed by atoms with Crippen LogP contribution >= 0.6 is 0 Å². The van der Waals surface area contributed by atoms with Crippen LogP contribution in [-0.4, -0.2) is 24.7 Å². The average molecular weight is 262 g/mol. The molecule has 96 valence electrons.